The first-order valence-corrected chi connectivity index (χ1v) is 6.20. The predicted octanol–water partition coefficient (Wildman–Crippen LogP) is 0.428. The smallest absolute Gasteiger partial charge is 0.161 e. The summed E-state index contributed by atoms with van der Waals surface area (Å²) < 4.78 is 10.9. The second-order valence-electron chi connectivity index (χ2n) is 4.40. The number of rotatable bonds is 5. The van der Waals surface area contributed by atoms with E-state index in [1.807, 2.05) is 19.2 Å². The number of ether oxygens (including phenoxy) is 2. The van der Waals surface area contributed by atoms with E-state index in [9.17, 15) is 5.11 Å². The van der Waals surface area contributed by atoms with Crippen molar-refractivity contribution < 1.29 is 14.6 Å². The van der Waals surface area contributed by atoms with Gasteiger partial charge in [0.1, 0.15) is 13.2 Å². The standard InChI is InChI=1S/C13H20N2O3/c1-15-5-4-10(14)13(16)9-2-3-11-12(8-9)18-7-6-17-11/h2-3,8,10,13,15-16H,4-7,14H2,1H3. The molecule has 0 saturated heterocycles. The first-order chi connectivity index (χ1) is 8.72. The zero-order chi connectivity index (χ0) is 13.0. The third kappa shape index (κ3) is 2.93. The van der Waals surface area contributed by atoms with Crippen LogP contribution in [0.3, 0.4) is 0 Å². The van der Waals surface area contributed by atoms with Crippen molar-refractivity contribution in [1.82, 2.24) is 5.32 Å². The highest BCUT2D eigenvalue weighted by molar-refractivity contribution is 5.44. The zero-order valence-corrected chi connectivity index (χ0v) is 10.6. The number of hydrogen-bond acceptors (Lipinski definition) is 5. The van der Waals surface area contributed by atoms with Crippen LogP contribution in [0.2, 0.25) is 0 Å². The molecular formula is C13H20N2O3. The Hall–Kier alpha value is -1.30. The molecule has 0 aromatic heterocycles. The molecule has 18 heavy (non-hydrogen) atoms. The summed E-state index contributed by atoms with van der Waals surface area (Å²) in [5, 5.41) is 13.2. The molecule has 0 spiro atoms. The van der Waals surface area contributed by atoms with Crippen LogP contribution in [-0.4, -0.2) is 38.0 Å². The lowest BCUT2D eigenvalue weighted by atomic mass is 10.00. The van der Waals surface area contributed by atoms with Gasteiger partial charge in [-0.2, -0.15) is 0 Å². The van der Waals surface area contributed by atoms with Gasteiger partial charge >= 0.3 is 0 Å². The molecule has 1 aromatic carbocycles. The molecule has 100 valence electrons. The number of nitrogens with one attached hydrogen (secondary N) is 1. The third-order valence-corrected chi connectivity index (χ3v) is 3.04. The van der Waals surface area contributed by atoms with Crippen LogP contribution in [-0.2, 0) is 0 Å². The van der Waals surface area contributed by atoms with Crippen LogP contribution in [0.15, 0.2) is 18.2 Å². The summed E-state index contributed by atoms with van der Waals surface area (Å²) in [6.07, 6.45) is 0.0284. The molecule has 1 aliphatic heterocycles. The number of aliphatic hydroxyl groups is 1. The van der Waals surface area contributed by atoms with Gasteiger partial charge in [0.2, 0.25) is 0 Å². The molecule has 2 atom stereocenters. The predicted molar refractivity (Wildman–Crippen MR) is 68.9 cm³/mol. The molecule has 0 bridgehead atoms. The Kier molecular flexibility index (Phi) is 4.41. The maximum absolute atomic E-state index is 10.2. The third-order valence-electron chi connectivity index (χ3n) is 3.04. The summed E-state index contributed by atoms with van der Waals surface area (Å²) in [6, 6.07) is 5.16. The lowest BCUT2D eigenvalue weighted by molar-refractivity contribution is 0.139. The van der Waals surface area contributed by atoms with Gasteiger partial charge in [-0.3, -0.25) is 0 Å². The van der Waals surface area contributed by atoms with Crippen molar-refractivity contribution in [3.63, 3.8) is 0 Å². The molecule has 0 radical (unpaired) electrons. The summed E-state index contributed by atoms with van der Waals surface area (Å²) in [5.74, 6) is 1.40. The first kappa shape index (κ1) is 13.1. The molecule has 0 saturated carbocycles. The number of aliphatic hydroxyl groups excluding tert-OH is 1. The molecule has 0 fully saturated rings. The Bertz CT molecular complexity index is 398. The molecule has 0 aliphatic carbocycles. The summed E-state index contributed by atoms with van der Waals surface area (Å²) >= 11 is 0. The van der Waals surface area contributed by atoms with Crippen LogP contribution in [0.1, 0.15) is 18.1 Å². The van der Waals surface area contributed by atoms with E-state index in [0.717, 1.165) is 17.9 Å². The Morgan fingerprint density at radius 1 is 1.33 bits per heavy atom. The van der Waals surface area contributed by atoms with Crippen molar-refractivity contribution in [3.05, 3.63) is 23.8 Å². The van der Waals surface area contributed by atoms with E-state index in [4.69, 9.17) is 15.2 Å². The maximum atomic E-state index is 10.2. The van der Waals surface area contributed by atoms with Crippen molar-refractivity contribution >= 4 is 0 Å². The number of fused-ring (bicyclic) bond motifs is 1. The highest BCUT2D eigenvalue weighted by Crippen LogP contribution is 2.33. The minimum Gasteiger partial charge on any atom is -0.486 e. The van der Waals surface area contributed by atoms with Gasteiger partial charge in [0.15, 0.2) is 11.5 Å². The van der Waals surface area contributed by atoms with Crippen molar-refractivity contribution in [2.45, 2.75) is 18.6 Å². The maximum Gasteiger partial charge on any atom is 0.161 e. The van der Waals surface area contributed by atoms with E-state index in [-0.39, 0.29) is 6.04 Å². The summed E-state index contributed by atoms with van der Waals surface area (Å²) in [4.78, 5) is 0. The molecule has 1 aromatic rings. The SMILES string of the molecule is CNCCC(N)C(O)c1ccc2c(c1)OCCO2. The molecular weight excluding hydrogens is 232 g/mol. The Morgan fingerprint density at radius 2 is 2.06 bits per heavy atom. The molecule has 5 nitrogen and oxygen atoms in total. The van der Waals surface area contributed by atoms with Crippen molar-refractivity contribution in [2.24, 2.45) is 5.73 Å². The fraction of sp³-hybridized carbons (Fsp3) is 0.538. The molecule has 4 N–H and O–H groups in total. The molecule has 2 unspecified atom stereocenters. The summed E-state index contributed by atoms with van der Waals surface area (Å²) in [5.41, 5.74) is 6.72. The van der Waals surface area contributed by atoms with E-state index in [0.29, 0.717) is 25.4 Å². The minimum absolute atomic E-state index is 0.292. The van der Waals surface area contributed by atoms with Gasteiger partial charge in [0, 0.05) is 6.04 Å². The zero-order valence-electron chi connectivity index (χ0n) is 10.6. The molecule has 1 aliphatic rings. The first-order valence-electron chi connectivity index (χ1n) is 6.20. The number of nitrogens with two attached hydrogens (primary N) is 1. The van der Waals surface area contributed by atoms with Gasteiger partial charge in [-0.25, -0.2) is 0 Å². The van der Waals surface area contributed by atoms with E-state index < -0.39 is 6.10 Å². The lowest BCUT2D eigenvalue weighted by Gasteiger charge is -2.22. The quantitative estimate of drug-likeness (QED) is 0.708. The normalized spacial score (nSPS) is 17.3. The van der Waals surface area contributed by atoms with E-state index in [1.54, 1.807) is 6.07 Å². The second-order valence-corrected chi connectivity index (χ2v) is 4.40. The fourth-order valence-corrected chi connectivity index (χ4v) is 1.96. The van der Waals surface area contributed by atoms with Crippen LogP contribution in [0.25, 0.3) is 0 Å². The van der Waals surface area contributed by atoms with Gasteiger partial charge in [0.05, 0.1) is 6.10 Å². The topological polar surface area (TPSA) is 76.7 Å². The molecule has 5 heteroatoms. The van der Waals surface area contributed by atoms with Gasteiger partial charge in [-0.15, -0.1) is 0 Å². The average molecular weight is 252 g/mol. The molecule has 0 amide bonds. The highest BCUT2D eigenvalue weighted by atomic mass is 16.6. The number of benzene rings is 1. The van der Waals surface area contributed by atoms with Crippen molar-refractivity contribution in [1.29, 1.82) is 0 Å². The van der Waals surface area contributed by atoms with Crippen LogP contribution in [0.4, 0.5) is 0 Å². The second kappa shape index (κ2) is 6.04. The van der Waals surface area contributed by atoms with Gasteiger partial charge in [-0.05, 0) is 37.7 Å². The van der Waals surface area contributed by atoms with E-state index in [2.05, 4.69) is 5.32 Å². The molecule has 1 heterocycles. The minimum atomic E-state index is -0.686. The van der Waals surface area contributed by atoms with E-state index in [1.165, 1.54) is 0 Å². The Balaban J connectivity index is 2.08. The fourth-order valence-electron chi connectivity index (χ4n) is 1.96. The monoisotopic (exact) mass is 252 g/mol. The summed E-state index contributed by atoms with van der Waals surface area (Å²) in [6.45, 7) is 1.89. The van der Waals surface area contributed by atoms with Crippen molar-refractivity contribution in [3.8, 4) is 11.5 Å². The Morgan fingerprint density at radius 3 is 2.78 bits per heavy atom. The lowest BCUT2D eigenvalue weighted by Crippen LogP contribution is -2.31. The highest BCUT2D eigenvalue weighted by Gasteiger charge is 2.19. The molecule has 2 rings (SSSR count). The number of hydrogen-bond donors (Lipinski definition) is 3. The average Bonchev–Trinajstić information content (AvgIpc) is 2.43. The largest absolute Gasteiger partial charge is 0.486 e. The van der Waals surface area contributed by atoms with Crippen LogP contribution < -0.4 is 20.5 Å². The summed E-state index contributed by atoms with van der Waals surface area (Å²) in [7, 11) is 1.86. The van der Waals surface area contributed by atoms with Gasteiger partial charge < -0.3 is 25.6 Å². The van der Waals surface area contributed by atoms with Gasteiger partial charge in [-0.1, -0.05) is 6.07 Å². The van der Waals surface area contributed by atoms with Crippen LogP contribution >= 0.6 is 0 Å². The van der Waals surface area contributed by atoms with Gasteiger partial charge in [0.25, 0.3) is 0 Å². The Labute approximate surface area is 107 Å². The van der Waals surface area contributed by atoms with E-state index >= 15 is 0 Å². The van der Waals surface area contributed by atoms with Crippen molar-refractivity contribution in [2.75, 3.05) is 26.8 Å². The van der Waals surface area contributed by atoms with Crippen LogP contribution in [0, 0.1) is 0 Å². The van der Waals surface area contributed by atoms with Crippen LogP contribution in [0.5, 0.6) is 11.5 Å².